The number of hydrogen-bond donors (Lipinski definition) is 2. The first-order valence-electron chi connectivity index (χ1n) is 11.4. The number of fused-ring (bicyclic) bond motifs is 2. The second-order valence-electron chi connectivity index (χ2n) is 10.5. The topological polar surface area (TPSA) is 113 Å². The van der Waals surface area contributed by atoms with E-state index in [0.717, 1.165) is 42.9 Å². The molecule has 1 saturated carbocycles. The average molecular weight is 483 g/mol. The summed E-state index contributed by atoms with van der Waals surface area (Å²) in [6.45, 7) is 7.68. The average Bonchev–Trinajstić information content (AvgIpc) is 3.41. The Balaban J connectivity index is 0.00000274. The highest BCUT2D eigenvalue weighted by Gasteiger charge is 2.45. The highest BCUT2D eigenvalue weighted by Crippen LogP contribution is 2.43. The number of aliphatic hydroxyl groups is 1. The highest BCUT2D eigenvalue weighted by molar-refractivity contribution is 5.85. The van der Waals surface area contributed by atoms with E-state index in [1.807, 2.05) is 24.4 Å². The summed E-state index contributed by atoms with van der Waals surface area (Å²) in [5, 5.41) is 23.9. The lowest BCUT2D eigenvalue weighted by Gasteiger charge is -2.23. The van der Waals surface area contributed by atoms with E-state index in [1.54, 1.807) is 30.8 Å². The largest absolute Gasteiger partial charge is 0.489 e. The molecule has 1 saturated heterocycles. The number of hydrogen-bond acceptors (Lipinski definition) is 7. The molecule has 3 atom stereocenters. The summed E-state index contributed by atoms with van der Waals surface area (Å²) in [6, 6.07) is 8.17. The molecule has 3 N–H and O–H groups in total. The van der Waals surface area contributed by atoms with Crippen LogP contribution in [0.25, 0.3) is 16.6 Å². The Kier molecular flexibility index (Phi) is 6.23. The quantitative estimate of drug-likeness (QED) is 0.573. The molecule has 2 fully saturated rings. The van der Waals surface area contributed by atoms with Crippen molar-refractivity contribution < 1.29 is 9.84 Å². The Morgan fingerprint density at radius 2 is 1.97 bits per heavy atom. The number of aromatic nitrogens is 3. The first-order chi connectivity index (χ1) is 15.6. The predicted molar refractivity (Wildman–Crippen MR) is 133 cm³/mol. The van der Waals surface area contributed by atoms with Crippen molar-refractivity contribution in [1.29, 1.82) is 5.26 Å². The molecule has 0 bridgehead atoms. The predicted octanol–water partition coefficient (Wildman–Crippen LogP) is 3.40. The maximum Gasteiger partial charge on any atom is 0.138 e. The Morgan fingerprint density at radius 1 is 1.26 bits per heavy atom. The fraction of sp³-hybridized carbons (Fsp3) is 0.480. The van der Waals surface area contributed by atoms with Gasteiger partial charge in [0, 0.05) is 36.0 Å². The van der Waals surface area contributed by atoms with Crippen LogP contribution in [-0.2, 0) is 0 Å². The maximum absolute atomic E-state index is 10.0. The van der Waals surface area contributed by atoms with Crippen LogP contribution in [0.3, 0.4) is 0 Å². The van der Waals surface area contributed by atoms with Gasteiger partial charge in [-0.2, -0.15) is 10.4 Å². The van der Waals surface area contributed by atoms with Gasteiger partial charge in [0.05, 0.1) is 29.1 Å². The molecule has 0 amide bonds. The molecule has 1 unspecified atom stereocenters. The van der Waals surface area contributed by atoms with E-state index in [9.17, 15) is 10.4 Å². The van der Waals surface area contributed by atoms with Gasteiger partial charge in [-0.15, -0.1) is 12.4 Å². The molecule has 1 aliphatic carbocycles. The molecule has 3 aromatic heterocycles. The van der Waals surface area contributed by atoms with Gasteiger partial charge in [-0.05, 0) is 63.6 Å². The molecule has 5 rings (SSSR count). The summed E-state index contributed by atoms with van der Waals surface area (Å²) < 4.78 is 7.46. The van der Waals surface area contributed by atoms with Crippen molar-refractivity contribution in [3.8, 4) is 22.9 Å². The fourth-order valence-corrected chi connectivity index (χ4v) is 5.34. The van der Waals surface area contributed by atoms with Crippen molar-refractivity contribution in [3.05, 3.63) is 42.4 Å². The highest BCUT2D eigenvalue weighted by atomic mass is 35.5. The van der Waals surface area contributed by atoms with Crippen LogP contribution in [0.4, 0.5) is 5.82 Å². The van der Waals surface area contributed by atoms with Crippen molar-refractivity contribution in [2.45, 2.75) is 44.8 Å². The molecular formula is C25H31ClN6O2. The van der Waals surface area contributed by atoms with E-state index in [1.165, 1.54) is 0 Å². The van der Waals surface area contributed by atoms with Crippen LogP contribution in [0, 0.1) is 23.2 Å². The summed E-state index contributed by atoms with van der Waals surface area (Å²) in [4.78, 5) is 7.12. The third kappa shape index (κ3) is 4.69. The van der Waals surface area contributed by atoms with Crippen LogP contribution >= 0.6 is 12.4 Å². The SMILES string of the molecule is CC(C)(O)COc1cc(-c2ccc(N3C[C@@H]4CC(C)(N)C[C@@H]4C3)nc2)c2c(C#N)cnn2c1.Cl. The second kappa shape index (κ2) is 8.73. The second-order valence-corrected chi connectivity index (χ2v) is 10.5. The van der Waals surface area contributed by atoms with E-state index < -0.39 is 5.60 Å². The Morgan fingerprint density at radius 3 is 2.56 bits per heavy atom. The molecule has 8 nitrogen and oxygen atoms in total. The third-order valence-corrected chi connectivity index (χ3v) is 6.72. The number of halogens is 1. The minimum Gasteiger partial charge on any atom is -0.489 e. The van der Waals surface area contributed by atoms with Crippen LogP contribution in [0.15, 0.2) is 36.8 Å². The first kappa shape index (κ1) is 24.3. The zero-order valence-electron chi connectivity index (χ0n) is 19.7. The van der Waals surface area contributed by atoms with Crippen LogP contribution in [0.1, 0.15) is 39.2 Å². The minimum absolute atomic E-state index is 0. The number of pyridine rings is 2. The Hall–Kier alpha value is -2.86. The molecule has 9 heteroatoms. The normalized spacial score (nSPS) is 24.1. The molecule has 3 aromatic rings. The van der Waals surface area contributed by atoms with Gasteiger partial charge in [0.1, 0.15) is 24.2 Å². The Bertz CT molecular complexity index is 1210. The first-order valence-corrected chi connectivity index (χ1v) is 11.4. The van der Waals surface area contributed by atoms with Crippen molar-refractivity contribution >= 4 is 23.7 Å². The van der Waals surface area contributed by atoms with Crippen LogP contribution < -0.4 is 15.4 Å². The van der Waals surface area contributed by atoms with E-state index in [-0.39, 0.29) is 24.6 Å². The molecule has 0 aromatic carbocycles. The van der Waals surface area contributed by atoms with E-state index in [2.05, 4.69) is 23.0 Å². The summed E-state index contributed by atoms with van der Waals surface area (Å²) >= 11 is 0. The summed E-state index contributed by atoms with van der Waals surface area (Å²) in [5.41, 5.74) is 8.25. The van der Waals surface area contributed by atoms with Gasteiger partial charge in [-0.3, -0.25) is 0 Å². The molecule has 180 valence electrons. The van der Waals surface area contributed by atoms with Crippen LogP contribution in [0.5, 0.6) is 5.75 Å². The van der Waals surface area contributed by atoms with Crippen molar-refractivity contribution in [3.63, 3.8) is 0 Å². The molecule has 1 aliphatic heterocycles. The fourth-order valence-electron chi connectivity index (χ4n) is 5.34. The molecular weight excluding hydrogens is 452 g/mol. The van der Waals surface area contributed by atoms with E-state index in [0.29, 0.717) is 28.7 Å². The lowest BCUT2D eigenvalue weighted by molar-refractivity contribution is 0.0283. The number of anilines is 1. The molecule has 4 heterocycles. The van der Waals surface area contributed by atoms with Crippen LogP contribution in [-0.4, -0.2) is 50.5 Å². The zero-order valence-corrected chi connectivity index (χ0v) is 20.5. The van der Waals surface area contributed by atoms with Gasteiger partial charge in [0.15, 0.2) is 0 Å². The molecule has 34 heavy (non-hydrogen) atoms. The Labute approximate surface area is 205 Å². The van der Waals surface area contributed by atoms with Gasteiger partial charge in [-0.1, -0.05) is 0 Å². The molecule has 2 aliphatic rings. The summed E-state index contributed by atoms with van der Waals surface area (Å²) in [5.74, 6) is 2.80. The maximum atomic E-state index is 10.0. The van der Waals surface area contributed by atoms with Gasteiger partial charge in [-0.25, -0.2) is 9.50 Å². The van der Waals surface area contributed by atoms with Crippen molar-refractivity contribution in [2.75, 3.05) is 24.6 Å². The molecule has 0 spiro atoms. The van der Waals surface area contributed by atoms with E-state index in [4.69, 9.17) is 15.5 Å². The summed E-state index contributed by atoms with van der Waals surface area (Å²) in [7, 11) is 0. The minimum atomic E-state index is -0.963. The number of nitrogens with zero attached hydrogens (tertiary/aromatic N) is 5. The van der Waals surface area contributed by atoms with E-state index >= 15 is 0 Å². The number of nitriles is 1. The van der Waals surface area contributed by atoms with Gasteiger partial charge in [0.25, 0.3) is 0 Å². The monoisotopic (exact) mass is 482 g/mol. The molecule has 0 radical (unpaired) electrons. The standard InChI is InChI=1S/C25H30N6O2.ClH/c1-24(2,32)15-33-20-6-21(23-19(9-26)11-29-31(23)14-20)16-4-5-22(28-10-16)30-12-17-7-25(3,27)8-18(17)13-30;/h4-6,10-11,14,17-18,32H,7-8,12-13,15,27H2,1-3H3;1H/t17-,18+,25?;. The lowest BCUT2D eigenvalue weighted by atomic mass is 10.00. The van der Waals surface area contributed by atoms with Gasteiger partial charge in [0.2, 0.25) is 0 Å². The zero-order chi connectivity index (χ0) is 23.4. The smallest absolute Gasteiger partial charge is 0.138 e. The lowest BCUT2D eigenvalue weighted by Crippen LogP contribution is -2.35. The van der Waals surface area contributed by atoms with Crippen molar-refractivity contribution in [2.24, 2.45) is 17.6 Å². The number of ether oxygens (including phenoxy) is 1. The van der Waals surface area contributed by atoms with Gasteiger partial charge < -0.3 is 20.5 Å². The summed E-state index contributed by atoms with van der Waals surface area (Å²) in [6.07, 6.45) is 7.26. The van der Waals surface area contributed by atoms with Gasteiger partial charge >= 0.3 is 0 Å². The van der Waals surface area contributed by atoms with Crippen LogP contribution in [0.2, 0.25) is 0 Å². The number of nitrogens with two attached hydrogens (primary N) is 1. The number of rotatable bonds is 5. The van der Waals surface area contributed by atoms with Crippen molar-refractivity contribution in [1.82, 2.24) is 14.6 Å². The third-order valence-electron chi connectivity index (χ3n) is 6.72.